The summed E-state index contributed by atoms with van der Waals surface area (Å²) in [5, 5.41) is 15.2. The van der Waals surface area contributed by atoms with Crippen LogP contribution in [0.2, 0.25) is 0 Å². The minimum atomic E-state index is -0.505. The van der Waals surface area contributed by atoms with E-state index >= 15 is 0 Å². The van der Waals surface area contributed by atoms with E-state index in [-0.39, 0.29) is 17.7 Å². The number of rotatable bonds is 5. The third-order valence-electron chi connectivity index (χ3n) is 3.69. The highest BCUT2D eigenvalue weighted by Crippen LogP contribution is 2.12. The fourth-order valence-corrected chi connectivity index (χ4v) is 2.39. The van der Waals surface area contributed by atoms with Crippen molar-refractivity contribution >= 4 is 28.7 Å². The lowest BCUT2D eigenvalue weighted by atomic mass is 10.1. The Morgan fingerprint density at radius 2 is 1.92 bits per heavy atom. The lowest BCUT2D eigenvalue weighted by Gasteiger charge is -2.01. The molecule has 2 N–H and O–H groups in total. The van der Waals surface area contributed by atoms with Gasteiger partial charge in [-0.3, -0.25) is 19.7 Å². The number of nitro groups is 1. The lowest BCUT2D eigenvalue weighted by Crippen LogP contribution is -2.20. The first-order chi connectivity index (χ1) is 12.5. The van der Waals surface area contributed by atoms with E-state index in [1.165, 1.54) is 30.5 Å². The average Bonchev–Trinajstić information content (AvgIpc) is 2.62. The molecule has 0 atom stereocenters. The molecule has 0 saturated carbocycles. The van der Waals surface area contributed by atoms with Crippen molar-refractivity contribution in [3.8, 4) is 0 Å². The Morgan fingerprint density at radius 1 is 1.19 bits per heavy atom. The molecule has 0 aliphatic heterocycles. The Labute approximate surface area is 147 Å². The lowest BCUT2D eigenvalue weighted by molar-refractivity contribution is -0.384. The van der Waals surface area contributed by atoms with Crippen LogP contribution in [0.15, 0.2) is 64.5 Å². The number of nitro benzene ring substituents is 1. The molecule has 8 heteroatoms. The second kappa shape index (κ2) is 7.39. The number of hydrogen-bond donors (Lipinski definition) is 2. The van der Waals surface area contributed by atoms with Gasteiger partial charge >= 0.3 is 0 Å². The minimum Gasteiger partial charge on any atom is -0.321 e. The maximum Gasteiger partial charge on any atom is 0.269 e. The van der Waals surface area contributed by atoms with Crippen molar-refractivity contribution in [2.24, 2.45) is 5.10 Å². The predicted octanol–water partition coefficient (Wildman–Crippen LogP) is 2.13. The van der Waals surface area contributed by atoms with Gasteiger partial charge < -0.3 is 4.98 Å². The van der Waals surface area contributed by atoms with Gasteiger partial charge in [0.15, 0.2) is 0 Å². The van der Waals surface area contributed by atoms with Gasteiger partial charge in [-0.1, -0.05) is 30.3 Å². The van der Waals surface area contributed by atoms with Crippen molar-refractivity contribution in [2.45, 2.75) is 6.42 Å². The maximum atomic E-state index is 12.0. The number of carbonyl (C=O) groups is 1. The number of nitrogens with zero attached hydrogens (tertiary/aromatic N) is 2. The highest BCUT2D eigenvalue weighted by atomic mass is 16.6. The molecule has 26 heavy (non-hydrogen) atoms. The molecule has 0 spiro atoms. The summed E-state index contributed by atoms with van der Waals surface area (Å²) in [5.41, 5.74) is 3.64. The van der Waals surface area contributed by atoms with Gasteiger partial charge in [-0.15, -0.1) is 0 Å². The standard InChI is InChI=1S/C18H14N4O4/c23-17(9-12-5-7-15(8-6-12)22(25)26)21-19-11-14-10-13-3-1-2-4-16(13)20-18(14)24/h1-8,10-11H,9H2,(H,20,24)(H,21,23)/b19-11+. The smallest absolute Gasteiger partial charge is 0.269 e. The molecule has 1 heterocycles. The topological polar surface area (TPSA) is 117 Å². The number of fused-ring (bicyclic) bond motifs is 1. The van der Waals surface area contributed by atoms with Gasteiger partial charge in [0.2, 0.25) is 5.91 Å². The first-order valence-electron chi connectivity index (χ1n) is 7.70. The molecule has 0 aliphatic rings. The molecule has 0 radical (unpaired) electrons. The molecule has 0 aliphatic carbocycles. The highest BCUT2D eigenvalue weighted by molar-refractivity contribution is 5.88. The Morgan fingerprint density at radius 3 is 2.65 bits per heavy atom. The molecule has 3 rings (SSSR count). The second-order valence-electron chi connectivity index (χ2n) is 5.53. The molecule has 0 saturated heterocycles. The van der Waals surface area contributed by atoms with Gasteiger partial charge in [0.1, 0.15) is 0 Å². The Hall–Kier alpha value is -3.81. The number of para-hydroxylation sites is 1. The number of pyridine rings is 1. The minimum absolute atomic E-state index is 0.0173. The number of hydrazone groups is 1. The van der Waals surface area contributed by atoms with Gasteiger partial charge in [-0.2, -0.15) is 5.10 Å². The predicted molar refractivity (Wildman–Crippen MR) is 97.1 cm³/mol. The molecule has 1 aromatic heterocycles. The van der Waals surface area contributed by atoms with Crippen molar-refractivity contribution in [1.29, 1.82) is 0 Å². The van der Waals surface area contributed by atoms with Gasteiger partial charge in [-0.25, -0.2) is 5.43 Å². The molecule has 1 amide bonds. The number of aromatic amines is 1. The zero-order valence-corrected chi connectivity index (χ0v) is 13.5. The summed E-state index contributed by atoms with van der Waals surface area (Å²) in [4.78, 5) is 36.7. The largest absolute Gasteiger partial charge is 0.321 e. The fraction of sp³-hybridized carbons (Fsp3) is 0.0556. The van der Waals surface area contributed by atoms with E-state index in [0.29, 0.717) is 11.1 Å². The Kier molecular flexibility index (Phi) is 4.84. The summed E-state index contributed by atoms with van der Waals surface area (Å²) in [6.45, 7) is 0. The van der Waals surface area contributed by atoms with E-state index in [2.05, 4.69) is 15.5 Å². The van der Waals surface area contributed by atoms with E-state index in [4.69, 9.17) is 0 Å². The van der Waals surface area contributed by atoms with Gasteiger partial charge in [0, 0.05) is 17.6 Å². The normalized spacial score (nSPS) is 10.9. The molecule has 130 valence electrons. The third kappa shape index (κ3) is 3.99. The second-order valence-corrected chi connectivity index (χ2v) is 5.53. The monoisotopic (exact) mass is 350 g/mol. The molecule has 3 aromatic rings. The SMILES string of the molecule is O=C(Cc1ccc([N+](=O)[O-])cc1)N/N=C/c1cc2ccccc2[nH]c1=O. The van der Waals surface area contributed by atoms with Crippen molar-refractivity contribution in [1.82, 2.24) is 10.4 Å². The fourth-order valence-electron chi connectivity index (χ4n) is 2.39. The quantitative estimate of drug-likeness (QED) is 0.416. The van der Waals surface area contributed by atoms with Crippen LogP contribution in [0.4, 0.5) is 5.69 Å². The van der Waals surface area contributed by atoms with Crippen LogP contribution in [-0.4, -0.2) is 22.0 Å². The molecule has 0 unspecified atom stereocenters. The van der Waals surface area contributed by atoms with E-state index in [0.717, 1.165) is 10.9 Å². The highest BCUT2D eigenvalue weighted by Gasteiger charge is 2.07. The van der Waals surface area contributed by atoms with Crippen LogP contribution >= 0.6 is 0 Å². The van der Waals surface area contributed by atoms with Crippen molar-refractivity contribution in [3.63, 3.8) is 0 Å². The zero-order chi connectivity index (χ0) is 18.5. The maximum absolute atomic E-state index is 12.0. The van der Waals surface area contributed by atoms with Crippen molar-refractivity contribution in [2.75, 3.05) is 0 Å². The molecule has 0 fully saturated rings. The van der Waals surface area contributed by atoms with Crippen LogP contribution in [0.25, 0.3) is 10.9 Å². The number of non-ortho nitro benzene ring substituents is 1. The van der Waals surface area contributed by atoms with Gasteiger partial charge in [0.25, 0.3) is 11.2 Å². The summed E-state index contributed by atoms with van der Waals surface area (Å²) in [5.74, 6) is -0.396. The van der Waals surface area contributed by atoms with Crippen LogP contribution < -0.4 is 11.0 Å². The molecule has 8 nitrogen and oxygen atoms in total. The average molecular weight is 350 g/mol. The van der Waals surface area contributed by atoms with E-state index in [9.17, 15) is 19.7 Å². The molecule has 0 bridgehead atoms. The first-order valence-corrected chi connectivity index (χ1v) is 7.70. The summed E-state index contributed by atoms with van der Waals surface area (Å²) < 4.78 is 0. The Bertz CT molecular complexity index is 1050. The van der Waals surface area contributed by atoms with E-state index in [1.54, 1.807) is 12.1 Å². The molecular weight excluding hydrogens is 336 g/mol. The number of nitrogens with one attached hydrogen (secondary N) is 2. The number of amides is 1. The van der Waals surface area contributed by atoms with Crippen LogP contribution in [0.1, 0.15) is 11.1 Å². The summed E-state index contributed by atoms with van der Waals surface area (Å²) in [6.07, 6.45) is 1.29. The first kappa shape index (κ1) is 17.0. The summed E-state index contributed by atoms with van der Waals surface area (Å²) in [6, 6.07) is 14.7. The Balaban J connectivity index is 1.64. The number of carbonyl (C=O) groups excluding carboxylic acids is 1. The van der Waals surface area contributed by atoms with Crippen molar-refractivity contribution in [3.05, 3.63) is 86.2 Å². The number of benzene rings is 2. The van der Waals surface area contributed by atoms with Crippen LogP contribution in [0.5, 0.6) is 0 Å². The molecular formula is C18H14N4O4. The van der Waals surface area contributed by atoms with Gasteiger partial charge in [0.05, 0.1) is 23.1 Å². The zero-order valence-electron chi connectivity index (χ0n) is 13.5. The summed E-state index contributed by atoms with van der Waals surface area (Å²) in [7, 11) is 0. The molecule has 2 aromatic carbocycles. The van der Waals surface area contributed by atoms with Crippen LogP contribution in [0.3, 0.4) is 0 Å². The van der Waals surface area contributed by atoms with E-state index in [1.807, 2.05) is 18.2 Å². The van der Waals surface area contributed by atoms with E-state index < -0.39 is 10.8 Å². The number of H-pyrrole nitrogens is 1. The number of aromatic nitrogens is 1. The van der Waals surface area contributed by atoms with Crippen molar-refractivity contribution < 1.29 is 9.72 Å². The number of hydrogen-bond acceptors (Lipinski definition) is 5. The van der Waals surface area contributed by atoms with Crippen LogP contribution in [0, 0.1) is 10.1 Å². The van der Waals surface area contributed by atoms with Gasteiger partial charge in [-0.05, 0) is 23.1 Å². The summed E-state index contributed by atoms with van der Waals surface area (Å²) >= 11 is 0. The third-order valence-corrected chi connectivity index (χ3v) is 3.69. The van der Waals surface area contributed by atoms with Crippen LogP contribution in [-0.2, 0) is 11.2 Å².